The summed E-state index contributed by atoms with van der Waals surface area (Å²) in [4.78, 5) is 37.6. The number of carbonyl (C=O) groups is 1. The Morgan fingerprint density at radius 1 is 1.07 bits per heavy atom. The highest BCUT2D eigenvalue weighted by molar-refractivity contribution is 7.18. The zero-order chi connectivity index (χ0) is 31.4. The highest BCUT2D eigenvalue weighted by Gasteiger charge is 2.39. The molecule has 0 spiro atoms. The minimum absolute atomic E-state index is 0.0246. The van der Waals surface area contributed by atoms with Gasteiger partial charge in [0.05, 0.1) is 39.1 Å². The van der Waals surface area contributed by atoms with Crippen LogP contribution >= 0.6 is 22.9 Å². The van der Waals surface area contributed by atoms with E-state index in [-0.39, 0.29) is 35.6 Å². The summed E-state index contributed by atoms with van der Waals surface area (Å²) in [6, 6.07) is 7.47. The second-order valence-corrected chi connectivity index (χ2v) is 11.7. The number of hydrogen-bond donors (Lipinski definition) is 2. The van der Waals surface area contributed by atoms with Crippen LogP contribution in [0.15, 0.2) is 40.5 Å². The van der Waals surface area contributed by atoms with E-state index >= 15 is 0 Å². The molecule has 5 rings (SSSR count). The van der Waals surface area contributed by atoms with Crippen molar-refractivity contribution in [3.8, 4) is 16.9 Å². The van der Waals surface area contributed by atoms with Gasteiger partial charge in [0.15, 0.2) is 5.52 Å². The van der Waals surface area contributed by atoms with Gasteiger partial charge >= 0.3 is 12.1 Å². The fourth-order valence-corrected chi connectivity index (χ4v) is 5.96. The number of rotatable bonds is 7. The molecule has 0 aliphatic rings. The third-order valence-corrected chi connectivity index (χ3v) is 7.93. The molecule has 5 aromatic rings. The summed E-state index contributed by atoms with van der Waals surface area (Å²) in [6.07, 6.45) is -4.82. The highest BCUT2D eigenvalue weighted by Crippen LogP contribution is 2.40. The van der Waals surface area contributed by atoms with Crippen LogP contribution in [-0.4, -0.2) is 42.3 Å². The van der Waals surface area contributed by atoms with Crippen molar-refractivity contribution in [2.45, 2.75) is 46.0 Å². The van der Waals surface area contributed by atoms with Crippen molar-refractivity contribution in [2.75, 3.05) is 6.61 Å². The zero-order valence-electron chi connectivity index (χ0n) is 23.2. The first kappa shape index (κ1) is 30.4. The highest BCUT2D eigenvalue weighted by atomic mass is 35.5. The van der Waals surface area contributed by atoms with Gasteiger partial charge < -0.3 is 14.9 Å². The van der Waals surface area contributed by atoms with Crippen LogP contribution in [-0.2, 0) is 18.3 Å². The molecule has 0 amide bonds. The lowest BCUT2D eigenvalue weighted by molar-refractivity contribution is -0.140. The van der Waals surface area contributed by atoms with E-state index in [0.717, 1.165) is 19.9 Å². The molecular formula is C29H24ClF3N4O5S. The standard InChI is InChI=1S/C29H24ClF3N4O5S/c1-13-9-17(24-22(34-13)18(12-43-24)27(39)40)16-10-15(30)5-6-21(16)42-8-7-37-14(2)35-20-11-19(29(31,32)33)25(28(3,4)41)36-23(20)26(37)38/h5-6,9-12,41H,7-8H2,1-4H3,(H,39,40). The first-order valence-corrected chi connectivity index (χ1v) is 14.1. The molecule has 0 saturated heterocycles. The largest absolute Gasteiger partial charge is 0.491 e. The molecule has 1 aromatic carbocycles. The van der Waals surface area contributed by atoms with Crippen LogP contribution in [0.4, 0.5) is 13.2 Å². The molecule has 9 nitrogen and oxygen atoms in total. The number of thiophene rings is 1. The zero-order valence-corrected chi connectivity index (χ0v) is 24.8. The normalized spacial score (nSPS) is 12.3. The minimum Gasteiger partial charge on any atom is -0.491 e. The number of aryl methyl sites for hydroxylation is 2. The Balaban J connectivity index is 1.51. The molecule has 0 atom stereocenters. The summed E-state index contributed by atoms with van der Waals surface area (Å²) in [6.45, 7) is 5.48. The lowest BCUT2D eigenvalue weighted by Gasteiger charge is -2.22. The van der Waals surface area contributed by atoms with Crippen LogP contribution in [0.25, 0.3) is 32.4 Å². The summed E-state index contributed by atoms with van der Waals surface area (Å²) in [5.41, 5.74) is -2.80. The van der Waals surface area contributed by atoms with E-state index in [9.17, 15) is 33.0 Å². The number of aliphatic hydroxyl groups is 1. The quantitative estimate of drug-likeness (QED) is 0.212. The fourth-order valence-electron chi connectivity index (χ4n) is 4.77. The van der Waals surface area contributed by atoms with Gasteiger partial charge in [-0.3, -0.25) is 14.3 Å². The molecule has 4 heterocycles. The Labute approximate surface area is 251 Å². The van der Waals surface area contributed by atoms with Crippen molar-refractivity contribution in [1.82, 2.24) is 19.5 Å². The van der Waals surface area contributed by atoms with E-state index in [1.165, 1.54) is 28.2 Å². The lowest BCUT2D eigenvalue weighted by Crippen LogP contribution is -2.30. The maximum Gasteiger partial charge on any atom is 0.418 e. The SMILES string of the molecule is Cc1cc(-c2cc(Cl)ccc2OCCn2c(C)nc3cc(C(F)(F)F)c(C(C)(C)O)nc3c2=O)c2scc(C(=O)O)c2n1. The van der Waals surface area contributed by atoms with Gasteiger partial charge in [-0.2, -0.15) is 13.2 Å². The van der Waals surface area contributed by atoms with Gasteiger partial charge in [0.25, 0.3) is 5.56 Å². The summed E-state index contributed by atoms with van der Waals surface area (Å²) in [5.74, 6) is -0.547. The topological polar surface area (TPSA) is 127 Å². The summed E-state index contributed by atoms with van der Waals surface area (Å²) < 4.78 is 49.1. The van der Waals surface area contributed by atoms with Gasteiger partial charge in [0, 0.05) is 27.2 Å². The van der Waals surface area contributed by atoms with Crippen LogP contribution in [0.2, 0.25) is 5.02 Å². The molecule has 0 bridgehead atoms. The van der Waals surface area contributed by atoms with Crippen molar-refractivity contribution >= 4 is 50.2 Å². The number of fused-ring (bicyclic) bond motifs is 2. The predicted octanol–water partition coefficient (Wildman–Crippen LogP) is 6.36. The van der Waals surface area contributed by atoms with E-state index in [4.69, 9.17) is 16.3 Å². The number of carboxylic acid groups (broad SMARTS) is 1. The second kappa shape index (κ2) is 10.9. The average Bonchev–Trinajstić information content (AvgIpc) is 3.33. The maximum absolute atomic E-state index is 13.7. The second-order valence-electron chi connectivity index (χ2n) is 10.4. The van der Waals surface area contributed by atoms with E-state index in [0.29, 0.717) is 37.8 Å². The molecule has 224 valence electrons. The van der Waals surface area contributed by atoms with E-state index < -0.39 is 34.6 Å². The molecule has 0 aliphatic heterocycles. The third kappa shape index (κ3) is 5.79. The van der Waals surface area contributed by atoms with Crippen LogP contribution in [0.5, 0.6) is 5.75 Å². The minimum atomic E-state index is -4.82. The monoisotopic (exact) mass is 632 g/mol. The van der Waals surface area contributed by atoms with Crippen molar-refractivity contribution in [2.24, 2.45) is 0 Å². The number of carboxylic acids is 1. The number of benzene rings is 1. The van der Waals surface area contributed by atoms with E-state index in [2.05, 4.69) is 15.0 Å². The molecule has 0 unspecified atom stereocenters. The molecule has 0 fully saturated rings. The third-order valence-electron chi connectivity index (χ3n) is 6.69. The van der Waals surface area contributed by atoms with Gasteiger partial charge in [0.2, 0.25) is 0 Å². The first-order valence-electron chi connectivity index (χ1n) is 12.8. The molecule has 14 heteroatoms. The van der Waals surface area contributed by atoms with Crippen LogP contribution < -0.4 is 10.3 Å². The van der Waals surface area contributed by atoms with Crippen molar-refractivity contribution < 1.29 is 32.9 Å². The number of nitrogens with zero attached hydrogens (tertiary/aromatic N) is 4. The Bertz CT molecular complexity index is 1980. The number of aromatic nitrogens is 4. The summed E-state index contributed by atoms with van der Waals surface area (Å²) >= 11 is 7.54. The summed E-state index contributed by atoms with van der Waals surface area (Å²) in [5, 5.41) is 21.9. The number of alkyl halides is 3. The molecular weight excluding hydrogens is 609 g/mol. The molecule has 0 radical (unpaired) electrons. The van der Waals surface area contributed by atoms with Gasteiger partial charge in [-0.1, -0.05) is 11.6 Å². The van der Waals surface area contributed by atoms with Crippen molar-refractivity contribution in [3.63, 3.8) is 0 Å². The fraction of sp³-hybridized carbons (Fsp3) is 0.276. The molecule has 0 aliphatic carbocycles. The van der Waals surface area contributed by atoms with Crippen molar-refractivity contribution in [1.29, 1.82) is 0 Å². The Morgan fingerprint density at radius 3 is 2.44 bits per heavy atom. The summed E-state index contributed by atoms with van der Waals surface area (Å²) in [7, 11) is 0. The average molecular weight is 633 g/mol. The van der Waals surface area contributed by atoms with Crippen LogP contribution in [0.3, 0.4) is 0 Å². The number of aromatic carboxylic acids is 1. The molecule has 43 heavy (non-hydrogen) atoms. The molecule has 2 N–H and O–H groups in total. The van der Waals surface area contributed by atoms with E-state index in [1.54, 1.807) is 31.2 Å². The number of pyridine rings is 2. The van der Waals surface area contributed by atoms with Gasteiger partial charge in [-0.15, -0.1) is 11.3 Å². The maximum atomic E-state index is 13.7. The Morgan fingerprint density at radius 2 is 1.79 bits per heavy atom. The van der Waals surface area contributed by atoms with Crippen LogP contribution in [0, 0.1) is 13.8 Å². The molecule has 0 saturated carbocycles. The van der Waals surface area contributed by atoms with Gasteiger partial charge in [-0.25, -0.2) is 14.8 Å². The number of halogens is 4. The lowest BCUT2D eigenvalue weighted by atomic mass is 9.98. The Kier molecular flexibility index (Phi) is 7.69. The van der Waals surface area contributed by atoms with E-state index in [1.807, 2.05) is 0 Å². The van der Waals surface area contributed by atoms with Crippen molar-refractivity contribution in [3.05, 3.63) is 79.4 Å². The van der Waals surface area contributed by atoms with Gasteiger partial charge in [0.1, 0.15) is 23.8 Å². The molecule has 4 aromatic heterocycles. The number of ether oxygens (including phenoxy) is 1. The predicted molar refractivity (Wildman–Crippen MR) is 156 cm³/mol. The first-order chi connectivity index (χ1) is 20.1. The smallest absolute Gasteiger partial charge is 0.418 e. The number of hydrogen-bond acceptors (Lipinski definition) is 8. The van der Waals surface area contributed by atoms with Gasteiger partial charge in [-0.05, 0) is 58.0 Å². The Hall–Kier alpha value is -4.07. The van der Waals surface area contributed by atoms with Crippen LogP contribution in [0.1, 0.15) is 47.0 Å².